The molecule has 0 unspecified atom stereocenters. The summed E-state index contributed by atoms with van der Waals surface area (Å²) in [5, 5.41) is 3.62. The Bertz CT molecular complexity index is 555. The van der Waals surface area contributed by atoms with Crippen LogP contribution in [0.5, 0.6) is 5.75 Å². The van der Waals surface area contributed by atoms with Crippen molar-refractivity contribution in [2.45, 2.75) is 86.1 Å². The Kier molecular flexibility index (Phi) is 6.34. The summed E-state index contributed by atoms with van der Waals surface area (Å²) in [6.07, 6.45) is 8.75. The highest BCUT2D eigenvalue weighted by Crippen LogP contribution is 2.45. The monoisotopic (exact) mass is 347 g/mol. The molecule has 1 heterocycles. The molecule has 1 aliphatic rings. The van der Waals surface area contributed by atoms with Crippen LogP contribution in [0.25, 0.3) is 0 Å². The van der Waals surface area contributed by atoms with Crippen molar-refractivity contribution in [2.24, 2.45) is 16.7 Å². The number of nitrogens with zero attached hydrogens (tertiary/aromatic N) is 2. The van der Waals surface area contributed by atoms with Crippen molar-refractivity contribution >= 4 is 5.82 Å². The minimum Gasteiger partial charge on any atom is -0.491 e. The topological polar surface area (TPSA) is 47.0 Å². The fraction of sp³-hybridized carbons (Fsp3) is 0.810. The molecule has 1 aromatic heterocycles. The van der Waals surface area contributed by atoms with E-state index in [4.69, 9.17) is 4.74 Å². The normalized spacial score (nSPS) is 21.9. The zero-order chi connectivity index (χ0) is 18.7. The van der Waals surface area contributed by atoms with Gasteiger partial charge in [-0.25, -0.2) is 9.97 Å². The van der Waals surface area contributed by atoms with Gasteiger partial charge in [0.25, 0.3) is 0 Å². The van der Waals surface area contributed by atoms with Gasteiger partial charge in [-0.05, 0) is 55.3 Å². The zero-order valence-electron chi connectivity index (χ0n) is 17.3. The average molecular weight is 348 g/mol. The molecule has 4 heteroatoms. The first kappa shape index (κ1) is 20.0. The molecule has 2 rings (SSSR count). The quantitative estimate of drug-likeness (QED) is 0.740. The van der Waals surface area contributed by atoms with Crippen molar-refractivity contribution in [2.75, 3.05) is 12.4 Å². The highest BCUT2D eigenvalue weighted by molar-refractivity contribution is 5.52. The lowest BCUT2D eigenvalue weighted by Gasteiger charge is -2.43. The molecule has 0 bridgehead atoms. The van der Waals surface area contributed by atoms with E-state index in [1.54, 1.807) is 13.4 Å². The van der Waals surface area contributed by atoms with Crippen molar-refractivity contribution in [1.29, 1.82) is 0 Å². The van der Waals surface area contributed by atoms with Gasteiger partial charge < -0.3 is 10.1 Å². The van der Waals surface area contributed by atoms with E-state index in [-0.39, 0.29) is 0 Å². The van der Waals surface area contributed by atoms with Gasteiger partial charge in [0.1, 0.15) is 6.33 Å². The molecule has 1 fully saturated rings. The van der Waals surface area contributed by atoms with Gasteiger partial charge in [-0.15, -0.1) is 0 Å². The Hall–Kier alpha value is -1.32. The predicted molar refractivity (Wildman–Crippen MR) is 105 cm³/mol. The highest BCUT2D eigenvalue weighted by Gasteiger charge is 2.36. The maximum atomic E-state index is 5.55. The second kappa shape index (κ2) is 7.92. The molecular formula is C21H37N3O. The number of aromatic nitrogens is 2. The summed E-state index contributed by atoms with van der Waals surface area (Å²) < 4.78 is 5.55. The number of rotatable bonds is 6. The number of ether oxygens (including phenoxy) is 1. The van der Waals surface area contributed by atoms with Crippen LogP contribution in [0.15, 0.2) is 6.33 Å². The molecule has 0 radical (unpaired) electrons. The number of hydrogen-bond acceptors (Lipinski definition) is 4. The molecule has 0 aliphatic heterocycles. The van der Waals surface area contributed by atoms with Gasteiger partial charge in [-0.1, -0.05) is 41.5 Å². The Morgan fingerprint density at radius 2 is 1.72 bits per heavy atom. The second-order valence-electron chi connectivity index (χ2n) is 9.47. The van der Waals surface area contributed by atoms with E-state index in [1.807, 2.05) is 0 Å². The van der Waals surface area contributed by atoms with E-state index in [9.17, 15) is 0 Å². The molecule has 25 heavy (non-hydrogen) atoms. The third-order valence-corrected chi connectivity index (χ3v) is 5.58. The Morgan fingerprint density at radius 1 is 1.08 bits per heavy atom. The third kappa shape index (κ3) is 5.32. The van der Waals surface area contributed by atoms with Crippen LogP contribution in [0.3, 0.4) is 0 Å². The van der Waals surface area contributed by atoms with E-state index < -0.39 is 0 Å². The number of hydrogen-bond donors (Lipinski definition) is 1. The molecule has 4 nitrogen and oxygen atoms in total. The van der Waals surface area contributed by atoms with Gasteiger partial charge >= 0.3 is 0 Å². The highest BCUT2D eigenvalue weighted by atomic mass is 16.5. The van der Waals surface area contributed by atoms with Crippen LogP contribution in [-0.4, -0.2) is 23.1 Å². The van der Waals surface area contributed by atoms with Crippen LogP contribution < -0.4 is 10.1 Å². The molecule has 1 saturated carbocycles. The van der Waals surface area contributed by atoms with Gasteiger partial charge in [0.15, 0.2) is 11.6 Å². The van der Waals surface area contributed by atoms with Crippen LogP contribution in [0.2, 0.25) is 0 Å². The fourth-order valence-corrected chi connectivity index (χ4v) is 4.70. The number of nitrogens with one attached hydrogen (secondary N) is 1. The molecule has 0 amide bonds. The van der Waals surface area contributed by atoms with E-state index in [2.05, 4.69) is 56.8 Å². The number of anilines is 1. The molecule has 0 aromatic carbocycles. The van der Waals surface area contributed by atoms with Gasteiger partial charge in [0.2, 0.25) is 0 Å². The molecule has 142 valence electrons. The first-order chi connectivity index (χ1) is 11.7. The van der Waals surface area contributed by atoms with E-state index >= 15 is 0 Å². The second-order valence-corrected chi connectivity index (χ2v) is 9.47. The van der Waals surface area contributed by atoms with Gasteiger partial charge in [-0.3, -0.25) is 0 Å². The lowest BCUT2D eigenvalue weighted by Crippen LogP contribution is -2.35. The smallest absolute Gasteiger partial charge is 0.182 e. The maximum absolute atomic E-state index is 5.55. The average Bonchev–Trinajstić information content (AvgIpc) is 2.53. The summed E-state index contributed by atoms with van der Waals surface area (Å²) in [7, 11) is 1.70. The van der Waals surface area contributed by atoms with Gasteiger partial charge in [-0.2, -0.15) is 0 Å². The van der Waals surface area contributed by atoms with Crippen molar-refractivity contribution < 1.29 is 4.74 Å². The molecule has 0 atom stereocenters. The first-order valence-corrected chi connectivity index (χ1v) is 9.80. The Morgan fingerprint density at radius 3 is 2.24 bits per heavy atom. The molecular weight excluding hydrogens is 310 g/mol. The van der Waals surface area contributed by atoms with Crippen molar-refractivity contribution in [1.82, 2.24) is 9.97 Å². The minimum atomic E-state index is 0.392. The third-order valence-electron chi connectivity index (χ3n) is 5.58. The Balaban J connectivity index is 1.97. The Labute approximate surface area is 154 Å². The minimum absolute atomic E-state index is 0.392. The van der Waals surface area contributed by atoms with Crippen LogP contribution in [0.4, 0.5) is 5.82 Å². The van der Waals surface area contributed by atoms with Crippen LogP contribution >= 0.6 is 0 Å². The lowest BCUT2D eigenvalue weighted by molar-refractivity contribution is 0.0968. The van der Waals surface area contributed by atoms with Crippen molar-refractivity contribution in [3.05, 3.63) is 12.0 Å². The van der Waals surface area contributed by atoms with Crippen LogP contribution in [0, 0.1) is 16.7 Å². The molecule has 1 N–H and O–H groups in total. The molecule has 0 saturated heterocycles. The van der Waals surface area contributed by atoms with Crippen LogP contribution in [0.1, 0.15) is 79.3 Å². The van der Waals surface area contributed by atoms with Crippen molar-refractivity contribution in [3.8, 4) is 5.75 Å². The molecule has 1 aromatic rings. The number of methoxy groups -OCH3 is 1. The van der Waals surface area contributed by atoms with E-state index in [0.717, 1.165) is 29.6 Å². The summed E-state index contributed by atoms with van der Waals surface area (Å²) in [6.45, 7) is 14.1. The summed E-state index contributed by atoms with van der Waals surface area (Å²) in [6, 6.07) is 0.482. The summed E-state index contributed by atoms with van der Waals surface area (Å²) >= 11 is 0. The number of aryl methyl sites for hydroxylation is 1. The van der Waals surface area contributed by atoms with E-state index in [1.165, 1.54) is 32.1 Å². The molecule has 0 spiro atoms. The maximum Gasteiger partial charge on any atom is 0.182 e. The van der Waals surface area contributed by atoms with Gasteiger partial charge in [0.05, 0.1) is 12.8 Å². The van der Waals surface area contributed by atoms with Crippen LogP contribution in [-0.2, 0) is 6.42 Å². The summed E-state index contributed by atoms with van der Waals surface area (Å²) in [4.78, 5) is 8.75. The molecule has 1 aliphatic carbocycles. The van der Waals surface area contributed by atoms with Crippen molar-refractivity contribution in [3.63, 3.8) is 0 Å². The van der Waals surface area contributed by atoms with Gasteiger partial charge in [0, 0.05) is 6.04 Å². The largest absolute Gasteiger partial charge is 0.491 e. The lowest BCUT2D eigenvalue weighted by atomic mass is 9.64. The zero-order valence-corrected chi connectivity index (χ0v) is 17.3. The van der Waals surface area contributed by atoms with E-state index in [0.29, 0.717) is 16.9 Å². The SMILES string of the molecule is CCc1ncnc(NC2CCC(C(C)(C)CC(C)(C)C)CC2)c1OC. The summed E-state index contributed by atoms with van der Waals surface area (Å²) in [5.74, 6) is 2.47. The standard InChI is InChI=1S/C21H37N3O/c1-8-17-18(25-7)19(23-14-22-17)24-16-11-9-15(10-12-16)21(5,6)13-20(2,3)4/h14-16H,8-13H2,1-7H3,(H,22,23,24). The predicted octanol–water partition coefficient (Wildman–Crippen LogP) is 5.48. The summed E-state index contributed by atoms with van der Waals surface area (Å²) in [5.41, 5.74) is 1.77. The first-order valence-electron chi connectivity index (χ1n) is 9.80. The fourth-order valence-electron chi connectivity index (χ4n) is 4.70.